The predicted molar refractivity (Wildman–Crippen MR) is 239 cm³/mol. The lowest BCUT2D eigenvalue weighted by Gasteiger charge is -2.50. The molecule has 3 fully saturated rings. The third kappa shape index (κ3) is 15.0. The highest BCUT2D eigenvalue weighted by Crippen LogP contribution is 2.39. The number of hydrogen-bond donors (Lipinski definition) is 0. The lowest BCUT2D eigenvalue weighted by Crippen LogP contribution is -2.65. The first kappa shape index (κ1) is 48.4. The zero-order valence-corrected chi connectivity index (χ0v) is 37.5. The lowest BCUT2D eigenvalue weighted by molar-refractivity contribution is -0.386. The molecule has 65 heavy (non-hydrogen) atoms. The molecule has 3 aliphatic heterocycles. The van der Waals surface area contributed by atoms with Crippen LogP contribution in [0.4, 0.5) is 0 Å². The molecule has 0 aliphatic carbocycles. The van der Waals surface area contributed by atoms with E-state index >= 15 is 0 Å². The van der Waals surface area contributed by atoms with Gasteiger partial charge in [-0.3, -0.25) is 9.59 Å². The summed E-state index contributed by atoms with van der Waals surface area (Å²) in [5.74, 6) is -0.685. The Bertz CT molecular complexity index is 1950. The number of carbonyl (C=O) groups is 2. The zero-order valence-electron chi connectivity index (χ0n) is 37.5. The standard InChI is InChI=1S/C52H64O13/c1-37(53)61-49-48-44(36-60-51(65-48)41-27-17-10-18-28-41)63-52(57-30-20-6-4-3-5-19-29-45(54)55-2)50(49)64-46-31-42(58-33-39-23-13-8-14-24-39)47(59-34-40-25-15-9-16-26-40)43(62-46)35-56-32-38-21-11-7-12-22-38/h7-18,21-28,42-44,46-52H,3-6,19-20,29-36H2,1-2H3/t42-,43+,44+,46+,47+,48+,49-,50+,51?,52-/m0/s1. The van der Waals surface area contributed by atoms with E-state index in [-0.39, 0.29) is 25.6 Å². The number of carbonyl (C=O) groups excluding carboxylic acids is 2. The summed E-state index contributed by atoms with van der Waals surface area (Å²) in [5.41, 5.74) is 3.87. The molecule has 350 valence electrons. The van der Waals surface area contributed by atoms with E-state index in [4.69, 9.17) is 52.1 Å². The Balaban J connectivity index is 1.12. The summed E-state index contributed by atoms with van der Waals surface area (Å²) in [7, 11) is 1.41. The summed E-state index contributed by atoms with van der Waals surface area (Å²) in [4.78, 5) is 24.5. The van der Waals surface area contributed by atoms with E-state index in [0.717, 1.165) is 60.8 Å². The van der Waals surface area contributed by atoms with E-state index in [2.05, 4.69) is 0 Å². The smallest absolute Gasteiger partial charge is 0.305 e. The average molecular weight is 897 g/mol. The van der Waals surface area contributed by atoms with E-state index in [9.17, 15) is 9.59 Å². The van der Waals surface area contributed by atoms with E-state index in [1.165, 1.54) is 14.0 Å². The summed E-state index contributed by atoms with van der Waals surface area (Å²) in [6.45, 7) is 3.13. The van der Waals surface area contributed by atoms with Crippen LogP contribution in [0.25, 0.3) is 0 Å². The number of ether oxygens (including phenoxy) is 11. The van der Waals surface area contributed by atoms with E-state index in [0.29, 0.717) is 32.8 Å². The molecule has 13 nitrogen and oxygen atoms in total. The SMILES string of the molecule is COC(=O)CCCCCCCCO[C@H]1O[C@@H]2COC(c3ccccc3)O[C@H]2[C@H](OC(C)=O)[C@H]1O[C@@H]1C[C@H](OCc2ccccc2)[C@@H](OCc2ccccc2)[C@@H](COCc2ccccc2)O1. The van der Waals surface area contributed by atoms with E-state index < -0.39 is 67.6 Å². The van der Waals surface area contributed by atoms with Crippen molar-refractivity contribution >= 4 is 11.9 Å². The van der Waals surface area contributed by atoms with Crippen LogP contribution in [0.2, 0.25) is 0 Å². The van der Waals surface area contributed by atoms with Crippen LogP contribution in [0.3, 0.4) is 0 Å². The Kier molecular flexibility index (Phi) is 19.3. The van der Waals surface area contributed by atoms with Gasteiger partial charge in [-0.2, -0.15) is 0 Å². The van der Waals surface area contributed by atoms with Crippen molar-refractivity contribution < 1.29 is 61.7 Å². The maximum absolute atomic E-state index is 13.0. The molecular weight excluding hydrogens is 833 g/mol. The second kappa shape index (κ2) is 26.0. The molecule has 10 atom stereocenters. The molecule has 0 bridgehead atoms. The van der Waals surface area contributed by atoms with Crippen molar-refractivity contribution in [1.29, 1.82) is 0 Å². The molecule has 1 unspecified atom stereocenters. The third-order valence-corrected chi connectivity index (χ3v) is 11.7. The molecule has 3 aliphatic rings. The van der Waals surface area contributed by atoms with Crippen molar-refractivity contribution in [2.45, 2.75) is 140 Å². The minimum absolute atomic E-state index is 0.177. The lowest BCUT2D eigenvalue weighted by atomic mass is 9.96. The molecule has 7 rings (SSSR count). The molecule has 0 spiro atoms. The van der Waals surface area contributed by atoms with Crippen molar-refractivity contribution in [2.24, 2.45) is 0 Å². The summed E-state index contributed by atoms with van der Waals surface area (Å²) in [5, 5.41) is 0. The van der Waals surface area contributed by atoms with Gasteiger partial charge in [0.05, 0.1) is 46.2 Å². The van der Waals surface area contributed by atoms with Crippen LogP contribution < -0.4 is 0 Å². The van der Waals surface area contributed by atoms with Gasteiger partial charge in [-0.1, -0.05) is 147 Å². The minimum atomic E-state index is -0.972. The van der Waals surface area contributed by atoms with E-state index in [1.807, 2.05) is 121 Å². The monoisotopic (exact) mass is 896 g/mol. The van der Waals surface area contributed by atoms with Crippen molar-refractivity contribution in [2.75, 3.05) is 26.9 Å². The van der Waals surface area contributed by atoms with Crippen LogP contribution in [0.15, 0.2) is 121 Å². The first-order chi connectivity index (χ1) is 31.9. The van der Waals surface area contributed by atoms with Crippen LogP contribution in [0, 0.1) is 0 Å². The van der Waals surface area contributed by atoms with Crippen LogP contribution in [-0.2, 0) is 81.5 Å². The molecule has 0 aromatic heterocycles. The van der Waals surface area contributed by atoms with Crippen LogP contribution in [-0.4, -0.2) is 94.2 Å². The first-order valence-corrected chi connectivity index (χ1v) is 23.0. The van der Waals surface area contributed by atoms with Crippen LogP contribution in [0.5, 0.6) is 0 Å². The van der Waals surface area contributed by atoms with Crippen molar-refractivity contribution in [3.8, 4) is 0 Å². The van der Waals surface area contributed by atoms with Gasteiger partial charge in [-0.25, -0.2) is 0 Å². The Labute approximate surface area is 382 Å². The topological polar surface area (TPSA) is 136 Å². The predicted octanol–water partition coefficient (Wildman–Crippen LogP) is 8.57. The number of benzene rings is 4. The van der Waals surface area contributed by atoms with Crippen molar-refractivity contribution in [1.82, 2.24) is 0 Å². The second-order valence-corrected chi connectivity index (χ2v) is 16.6. The fourth-order valence-corrected chi connectivity index (χ4v) is 8.39. The van der Waals surface area contributed by atoms with Gasteiger partial charge in [-0.15, -0.1) is 0 Å². The number of esters is 2. The quantitative estimate of drug-likeness (QED) is 0.0492. The Morgan fingerprint density at radius 2 is 1.23 bits per heavy atom. The number of fused-ring (bicyclic) bond motifs is 1. The molecule has 3 heterocycles. The minimum Gasteiger partial charge on any atom is -0.469 e. The normalized spacial score (nSPS) is 26.5. The molecule has 0 saturated carbocycles. The highest BCUT2D eigenvalue weighted by molar-refractivity contribution is 5.69. The second-order valence-electron chi connectivity index (χ2n) is 16.6. The van der Waals surface area contributed by atoms with Crippen molar-refractivity contribution in [3.63, 3.8) is 0 Å². The summed E-state index contributed by atoms with van der Waals surface area (Å²) in [6, 6.07) is 39.6. The Hall–Kier alpha value is -4.54. The Morgan fingerprint density at radius 3 is 1.88 bits per heavy atom. The molecule has 4 aromatic rings. The van der Waals surface area contributed by atoms with Crippen LogP contribution >= 0.6 is 0 Å². The number of unbranched alkanes of at least 4 members (excludes halogenated alkanes) is 5. The molecule has 13 heteroatoms. The number of hydrogen-bond acceptors (Lipinski definition) is 13. The molecule has 0 amide bonds. The summed E-state index contributed by atoms with van der Waals surface area (Å²) < 4.78 is 70.5. The highest BCUT2D eigenvalue weighted by Gasteiger charge is 2.54. The first-order valence-electron chi connectivity index (χ1n) is 23.0. The highest BCUT2D eigenvalue weighted by atomic mass is 16.8. The van der Waals surface area contributed by atoms with Gasteiger partial charge in [0.2, 0.25) is 0 Å². The molecule has 4 aromatic carbocycles. The maximum atomic E-state index is 13.0. The fraction of sp³-hybridized carbons (Fsp3) is 0.500. The van der Waals surface area contributed by atoms with Gasteiger partial charge in [-0.05, 0) is 29.5 Å². The summed E-state index contributed by atoms with van der Waals surface area (Å²) in [6.07, 6.45) is -1.42. The number of methoxy groups -OCH3 is 1. The fourth-order valence-electron chi connectivity index (χ4n) is 8.39. The maximum Gasteiger partial charge on any atom is 0.305 e. The van der Waals surface area contributed by atoms with Crippen LogP contribution in [0.1, 0.15) is 86.8 Å². The Morgan fingerprint density at radius 1 is 0.631 bits per heavy atom. The van der Waals surface area contributed by atoms with Gasteiger partial charge < -0.3 is 52.1 Å². The molecular formula is C52H64O13. The van der Waals surface area contributed by atoms with Gasteiger partial charge >= 0.3 is 11.9 Å². The molecule has 0 radical (unpaired) electrons. The number of rotatable bonds is 24. The van der Waals surface area contributed by atoms with E-state index in [1.54, 1.807) is 0 Å². The average Bonchev–Trinajstić information content (AvgIpc) is 3.34. The van der Waals surface area contributed by atoms with Gasteiger partial charge in [0.15, 0.2) is 31.1 Å². The van der Waals surface area contributed by atoms with Gasteiger partial charge in [0.1, 0.15) is 24.4 Å². The molecule has 0 N–H and O–H groups in total. The summed E-state index contributed by atoms with van der Waals surface area (Å²) >= 11 is 0. The zero-order chi connectivity index (χ0) is 45.1. The third-order valence-electron chi connectivity index (χ3n) is 11.7. The molecule has 3 saturated heterocycles. The van der Waals surface area contributed by atoms with Gasteiger partial charge in [0, 0.05) is 31.9 Å². The van der Waals surface area contributed by atoms with Gasteiger partial charge in [0.25, 0.3) is 0 Å². The largest absolute Gasteiger partial charge is 0.469 e. The van der Waals surface area contributed by atoms with Crippen molar-refractivity contribution in [3.05, 3.63) is 144 Å².